The third kappa shape index (κ3) is 4.33. The van der Waals surface area contributed by atoms with Crippen LogP contribution in [0.25, 0.3) is 0 Å². The fourth-order valence-electron chi connectivity index (χ4n) is 5.45. The number of fused-ring (bicyclic) bond motifs is 2. The molecule has 7 heteroatoms. The SMILES string of the molecule is O=C(c1cnc(N2CCCC2)nc1)C1CC2CCCC(C1)N2C(=O)OCc1ccccc1. The molecule has 1 aromatic carbocycles. The van der Waals surface area contributed by atoms with Gasteiger partial charge in [0.25, 0.3) is 0 Å². The number of piperidine rings is 2. The van der Waals surface area contributed by atoms with Crippen molar-refractivity contribution in [2.24, 2.45) is 5.92 Å². The number of carbonyl (C=O) groups is 2. The number of anilines is 1. The van der Waals surface area contributed by atoms with E-state index in [0.717, 1.165) is 37.9 Å². The summed E-state index contributed by atoms with van der Waals surface area (Å²) in [7, 11) is 0. The van der Waals surface area contributed by atoms with Crippen molar-refractivity contribution >= 4 is 17.8 Å². The molecule has 0 N–H and O–H groups in total. The molecule has 1 amide bonds. The summed E-state index contributed by atoms with van der Waals surface area (Å²) in [6, 6.07) is 9.86. The lowest BCUT2D eigenvalue weighted by Gasteiger charge is -2.47. The minimum Gasteiger partial charge on any atom is -0.445 e. The molecule has 3 saturated heterocycles. The van der Waals surface area contributed by atoms with Gasteiger partial charge in [-0.2, -0.15) is 0 Å². The first kappa shape index (κ1) is 20.9. The Labute approximate surface area is 188 Å². The molecule has 7 nitrogen and oxygen atoms in total. The number of ether oxygens (including phenoxy) is 1. The highest BCUT2D eigenvalue weighted by Gasteiger charge is 2.43. The fourth-order valence-corrected chi connectivity index (χ4v) is 5.45. The summed E-state index contributed by atoms with van der Waals surface area (Å²) < 4.78 is 5.62. The Bertz CT molecular complexity index is 929. The van der Waals surface area contributed by atoms with Gasteiger partial charge in [0, 0.05) is 43.5 Å². The van der Waals surface area contributed by atoms with Crippen molar-refractivity contribution in [1.29, 1.82) is 0 Å². The van der Waals surface area contributed by atoms with E-state index < -0.39 is 0 Å². The largest absolute Gasteiger partial charge is 0.445 e. The van der Waals surface area contributed by atoms with E-state index in [1.54, 1.807) is 12.4 Å². The molecule has 3 aliphatic heterocycles. The van der Waals surface area contributed by atoms with Gasteiger partial charge in [0.15, 0.2) is 5.78 Å². The number of aromatic nitrogens is 2. The van der Waals surface area contributed by atoms with Crippen molar-refractivity contribution in [2.75, 3.05) is 18.0 Å². The van der Waals surface area contributed by atoms with E-state index in [9.17, 15) is 9.59 Å². The van der Waals surface area contributed by atoms with Crippen LogP contribution in [0.2, 0.25) is 0 Å². The smallest absolute Gasteiger partial charge is 0.410 e. The van der Waals surface area contributed by atoms with Crippen LogP contribution in [-0.2, 0) is 11.3 Å². The zero-order valence-corrected chi connectivity index (χ0v) is 18.4. The van der Waals surface area contributed by atoms with Gasteiger partial charge < -0.3 is 14.5 Å². The van der Waals surface area contributed by atoms with Crippen LogP contribution in [0, 0.1) is 5.92 Å². The van der Waals surface area contributed by atoms with Gasteiger partial charge in [-0.25, -0.2) is 14.8 Å². The molecule has 2 unspecified atom stereocenters. The Balaban J connectivity index is 1.22. The van der Waals surface area contributed by atoms with E-state index >= 15 is 0 Å². The molecular formula is C25H30N4O3. The molecule has 5 rings (SSSR count). The zero-order valence-electron chi connectivity index (χ0n) is 18.4. The van der Waals surface area contributed by atoms with Crippen LogP contribution in [0.4, 0.5) is 10.7 Å². The summed E-state index contributed by atoms with van der Waals surface area (Å²) >= 11 is 0. The van der Waals surface area contributed by atoms with Crippen LogP contribution in [0.3, 0.4) is 0 Å². The second-order valence-corrected chi connectivity index (χ2v) is 9.18. The van der Waals surface area contributed by atoms with Crippen molar-refractivity contribution in [3.05, 3.63) is 53.9 Å². The van der Waals surface area contributed by atoms with Crippen LogP contribution in [0.1, 0.15) is 60.9 Å². The molecule has 4 heterocycles. The normalized spacial score (nSPS) is 24.9. The van der Waals surface area contributed by atoms with Crippen LogP contribution in [0.5, 0.6) is 0 Å². The maximum Gasteiger partial charge on any atom is 0.410 e. The number of rotatable bonds is 5. The molecule has 168 valence electrons. The summed E-state index contributed by atoms with van der Waals surface area (Å²) in [4.78, 5) is 39.1. The van der Waals surface area contributed by atoms with Gasteiger partial charge in [0.2, 0.25) is 5.95 Å². The number of amides is 1. The molecule has 0 aliphatic carbocycles. The second kappa shape index (κ2) is 9.27. The molecule has 0 saturated carbocycles. The highest BCUT2D eigenvalue weighted by Crippen LogP contribution is 2.38. The van der Waals surface area contributed by atoms with E-state index in [1.807, 2.05) is 35.2 Å². The van der Waals surface area contributed by atoms with Gasteiger partial charge >= 0.3 is 6.09 Å². The Morgan fingerprint density at radius 2 is 1.59 bits per heavy atom. The van der Waals surface area contributed by atoms with E-state index in [2.05, 4.69) is 14.9 Å². The van der Waals surface area contributed by atoms with Crippen LogP contribution in [0.15, 0.2) is 42.7 Å². The van der Waals surface area contributed by atoms with Gasteiger partial charge in [-0.1, -0.05) is 30.3 Å². The zero-order chi connectivity index (χ0) is 21.9. The highest BCUT2D eigenvalue weighted by atomic mass is 16.6. The van der Waals surface area contributed by atoms with E-state index in [-0.39, 0.29) is 36.5 Å². The topological polar surface area (TPSA) is 75.6 Å². The molecular weight excluding hydrogens is 404 g/mol. The molecule has 0 spiro atoms. The van der Waals surface area contributed by atoms with Gasteiger partial charge in [-0.15, -0.1) is 0 Å². The number of ketones is 1. The predicted octanol–water partition coefficient (Wildman–Crippen LogP) is 4.23. The summed E-state index contributed by atoms with van der Waals surface area (Å²) in [5, 5.41) is 0. The summed E-state index contributed by atoms with van der Waals surface area (Å²) in [6.45, 7) is 2.24. The van der Waals surface area contributed by atoms with Crippen molar-refractivity contribution in [3.8, 4) is 0 Å². The molecule has 2 atom stereocenters. The Morgan fingerprint density at radius 1 is 0.938 bits per heavy atom. The van der Waals surface area contributed by atoms with Crippen LogP contribution in [-0.4, -0.2) is 51.9 Å². The first-order valence-electron chi connectivity index (χ1n) is 11.8. The number of hydrogen-bond donors (Lipinski definition) is 0. The number of carbonyl (C=O) groups excluding carboxylic acids is 2. The third-order valence-corrected chi connectivity index (χ3v) is 7.07. The van der Waals surface area contributed by atoms with E-state index in [4.69, 9.17) is 4.74 Å². The molecule has 32 heavy (non-hydrogen) atoms. The van der Waals surface area contributed by atoms with Crippen molar-refractivity contribution < 1.29 is 14.3 Å². The van der Waals surface area contributed by atoms with Gasteiger partial charge in [-0.3, -0.25) is 4.79 Å². The first-order chi connectivity index (χ1) is 15.7. The standard InChI is InChI=1S/C25H30N4O3/c30-23(20-15-26-24(27-16-20)28-11-4-5-12-28)19-13-21-9-6-10-22(14-19)29(21)25(31)32-17-18-7-2-1-3-8-18/h1-3,7-8,15-16,19,21-22H,4-6,9-14,17H2. The predicted molar refractivity (Wildman–Crippen MR) is 120 cm³/mol. The van der Waals surface area contributed by atoms with Crippen molar-refractivity contribution in [2.45, 2.75) is 63.6 Å². The molecule has 3 fully saturated rings. The minimum atomic E-state index is -0.257. The van der Waals surface area contributed by atoms with Crippen LogP contribution >= 0.6 is 0 Å². The monoisotopic (exact) mass is 434 g/mol. The lowest BCUT2D eigenvalue weighted by atomic mass is 9.76. The molecule has 2 aromatic rings. The Morgan fingerprint density at radius 3 is 2.25 bits per heavy atom. The van der Waals surface area contributed by atoms with Crippen molar-refractivity contribution in [3.63, 3.8) is 0 Å². The first-order valence-corrected chi connectivity index (χ1v) is 11.8. The summed E-state index contributed by atoms with van der Waals surface area (Å²) in [5.41, 5.74) is 1.56. The van der Waals surface area contributed by atoms with Crippen LogP contribution < -0.4 is 4.90 Å². The average Bonchev–Trinajstić information content (AvgIpc) is 3.37. The van der Waals surface area contributed by atoms with E-state index in [0.29, 0.717) is 24.4 Å². The second-order valence-electron chi connectivity index (χ2n) is 9.18. The number of hydrogen-bond acceptors (Lipinski definition) is 6. The average molecular weight is 435 g/mol. The third-order valence-electron chi connectivity index (χ3n) is 7.07. The van der Waals surface area contributed by atoms with Gasteiger partial charge in [0.1, 0.15) is 6.61 Å². The summed E-state index contributed by atoms with van der Waals surface area (Å²) in [6.07, 6.45) is 9.74. The lowest BCUT2D eigenvalue weighted by Crippen LogP contribution is -2.55. The lowest BCUT2D eigenvalue weighted by molar-refractivity contribution is 0.00471. The van der Waals surface area contributed by atoms with Gasteiger partial charge in [0.05, 0.1) is 5.56 Å². The highest BCUT2D eigenvalue weighted by molar-refractivity contribution is 5.97. The van der Waals surface area contributed by atoms with Gasteiger partial charge in [-0.05, 0) is 50.5 Å². The molecule has 3 aliphatic rings. The molecule has 2 bridgehead atoms. The summed E-state index contributed by atoms with van der Waals surface area (Å²) in [5.74, 6) is 0.726. The Hall–Kier alpha value is -2.96. The Kier molecular flexibility index (Phi) is 6.06. The van der Waals surface area contributed by atoms with E-state index in [1.165, 1.54) is 12.8 Å². The number of nitrogens with zero attached hydrogens (tertiary/aromatic N) is 4. The number of Topliss-reactive ketones (excluding diaryl/α,β-unsaturated/α-hetero) is 1. The minimum absolute atomic E-state index is 0.0597. The fraction of sp³-hybridized carbons (Fsp3) is 0.520. The maximum absolute atomic E-state index is 13.2. The maximum atomic E-state index is 13.2. The molecule has 1 aromatic heterocycles. The molecule has 0 radical (unpaired) electrons. The van der Waals surface area contributed by atoms with Crippen molar-refractivity contribution in [1.82, 2.24) is 14.9 Å². The quantitative estimate of drug-likeness (QED) is 0.656. The number of benzene rings is 1.